The van der Waals surface area contributed by atoms with E-state index >= 15 is 0 Å². The monoisotopic (exact) mass is 290 g/mol. The Hall–Kier alpha value is -2.04. The first-order valence-corrected chi connectivity index (χ1v) is 7.49. The van der Waals surface area contributed by atoms with Crippen molar-refractivity contribution in [2.75, 3.05) is 11.9 Å². The van der Waals surface area contributed by atoms with Gasteiger partial charge in [0.25, 0.3) is 0 Å². The van der Waals surface area contributed by atoms with E-state index in [0.717, 1.165) is 23.6 Å². The van der Waals surface area contributed by atoms with Gasteiger partial charge >= 0.3 is 12.0 Å². The highest BCUT2D eigenvalue weighted by Gasteiger charge is 2.16. The van der Waals surface area contributed by atoms with Gasteiger partial charge < -0.3 is 15.7 Å². The van der Waals surface area contributed by atoms with Gasteiger partial charge in [-0.15, -0.1) is 0 Å². The van der Waals surface area contributed by atoms with Gasteiger partial charge in [0.05, 0.1) is 0 Å². The summed E-state index contributed by atoms with van der Waals surface area (Å²) >= 11 is 0. The van der Waals surface area contributed by atoms with E-state index in [0.29, 0.717) is 13.0 Å². The van der Waals surface area contributed by atoms with Crippen LogP contribution in [-0.2, 0) is 11.2 Å². The number of rotatable bonds is 7. The number of carboxylic acid groups (broad SMARTS) is 1. The second-order valence-corrected chi connectivity index (χ2v) is 5.56. The molecule has 0 saturated heterocycles. The van der Waals surface area contributed by atoms with E-state index in [9.17, 15) is 9.59 Å². The number of carbonyl (C=O) groups is 2. The van der Waals surface area contributed by atoms with Crippen molar-refractivity contribution < 1.29 is 14.7 Å². The molecule has 1 aromatic rings. The highest BCUT2D eigenvalue weighted by Crippen LogP contribution is 2.28. The van der Waals surface area contributed by atoms with Crippen LogP contribution in [0.1, 0.15) is 37.7 Å². The van der Waals surface area contributed by atoms with Gasteiger partial charge in [-0.05, 0) is 36.5 Å². The fourth-order valence-electron chi connectivity index (χ4n) is 2.35. The summed E-state index contributed by atoms with van der Waals surface area (Å²) in [5.74, 6) is -0.0122. The number of benzene rings is 1. The number of urea groups is 1. The number of hydrogen-bond donors (Lipinski definition) is 3. The number of amides is 2. The third-order valence-corrected chi connectivity index (χ3v) is 3.90. The van der Waals surface area contributed by atoms with Crippen LogP contribution in [0.4, 0.5) is 10.5 Å². The number of nitrogens with one attached hydrogen (secondary N) is 2. The maximum absolute atomic E-state index is 11.7. The van der Waals surface area contributed by atoms with E-state index < -0.39 is 5.97 Å². The molecule has 3 N–H and O–H groups in total. The van der Waals surface area contributed by atoms with Crippen molar-refractivity contribution in [2.45, 2.75) is 38.5 Å². The summed E-state index contributed by atoms with van der Waals surface area (Å²) in [5, 5.41) is 14.3. The molecule has 5 nitrogen and oxygen atoms in total. The van der Waals surface area contributed by atoms with E-state index in [1.165, 1.54) is 19.3 Å². The quantitative estimate of drug-likeness (QED) is 0.722. The highest BCUT2D eigenvalue weighted by molar-refractivity contribution is 5.89. The summed E-state index contributed by atoms with van der Waals surface area (Å²) < 4.78 is 0. The molecule has 5 heteroatoms. The van der Waals surface area contributed by atoms with Gasteiger partial charge in [0, 0.05) is 18.7 Å². The molecular formula is C16H22N2O3. The Morgan fingerprint density at radius 3 is 2.48 bits per heavy atom. The molecule has 21 heavy (non-hydrogen) atoms. The lowest BCUT2D eigenvalue weighted by Crippen LogP contribution is -2.31. The van der Waals surface area contributed by atoms with Crippen LogP contribution in [-0.4, -0.2) is 23.7 Å². The summed E-state index contributed by atoms with van der Waals surface area (Å²) in [7, 11) is 0. The Morgan fingerprint density at radius 2 is 1.90 bits per heavy atom. The third kappa shape index (κ3) is 5.45. The molecule has 0 unspecified atom stereocenters. The van der Waals surface area contributed by atoms with Crippen molar-refractivity contribution >= 4 is 17.7 Å². The number of aliphatic carboxylic acids is 1. The summed E-state index contributed by atoms with van der Waals surface area (Å²) in [6.07, 6.45) is 5.59. The van der Waals surface area contributed by atoms with Gasteiger partial charge in [-0.25, -0.2) is 4.79 Å². The Morgan fingerprint density at radius 1 is 1.19 bits per heavy atom. The minimum atomic E-state index is -0.803. The molecule has 114 valence electrons. The summed E-state index contributed by atoms with van der Waals surface area (Å²) in [6.45, 7) is 0.715. The fraction of sp³-hybridized carbons (Fsp3) is 0.500. The van der Waals surface area contributed by atoms with Gasteiger partial charge in [0.1, 0.15) is 0 Å². The minimum absolute atomic E-state index is 0.119. The first kappa shape index (κ1) is 15.4. The predicted octanol–water partition coefficient (Wildman–Crippen LogP) is 3.02. The molecule has 1 aromatic carbocycles. The smallest absolute Gasteiger partial charge is 0.319 e. The summed E-state index contributed by atoms with van der Waals surface area (Å²) in [5.41, 5.74) is 1.67. The number of aryl methyl sites for hydroxylation is 1. The second-order valence-electron chi connectivity index (χ2n) is 5.56. The first-order valence-electron chi connectivity index (χ1n) is 7.49. The van der Waals surface area contributed by atoms with Crippen LogP contribution < -0.4 is 10.6 Å². The van der Waals surface area contributed by atoms with Crippen molar-refractivity contribution in [3.05, 3.63) is 29.8 Å². The van der Waals surface area contributed by atoms with E-state index in [-0.39, 0.29) is 12.5 Å². The zero-order valence-electron chi connectivity index (χ0n) is 12.1. The Balaban J connectivity index is 1.68. The Labute approximate surface area is 124 Å². The Bertz CT molecular complexity index is 481. The molecule has 0 heterocycles. The van der Waals surface area contributed by atoms with Crippen molar-refractivity contribution in [3.63, 3.8) is 0 Å². The molecule has 1 saturated carbocycles. The van der Waals surface area contributed by atoms with Gasteiger partial charge in [0.15, 0.2) is 0 Å². The Kier molecular flexibility index (Phi) is 5.60. The number of carboxylic acids is 1. The molecule has 0 radical (unpaired) electrons. The second kappa shape index (κ2) is 7.67. The van der Waals surface area contributed by atoms with E-state index in [4.69, 9.17) is 5.11 Å². The van der Waals surface area contributed by atoms with E-state index in [1.807, 2.05) is 12.1 Å². The largest absolute Gasteiger partial charge is 0.481 e. The lowest BCUT2D eigenvalue weighted by molar-refractivity contribution is -0.136. The van der Waals surface area contributed by atoms with Gasteiger partial charge in [0.2, 0.25) is 0 Å². The summed E-state index contributed by atoms with van der Waals surface area (Å²) in [6, 6.07) is 7.08. The average molecular weight is 290 g/mol. The first-order chi connectivity index (χ1) is 10.1. The van der Waals surface area contributed by atoms with Gasteiger partial charge in [-0.2, -0.15) is 0 Å². The van der Waals surface area contributed by atoms with Crippen molar-refractivity contribution in [1.29, 1.82) is 0 Å². The molecule has 0 spiro atoms. The molecule has 1 aliphatic carbocycles. The molecule has 0 bridgehead atoms. The molecule has 1 aliphatic rings. The zero-order valence-corrected chi connectivity index (χ0v) is 12.1. The molecule has 0 atom stereocenters. The highest BCUT2D eigenvalue weighted by atomic mass is 16.4. The number of anilines is 1. The van der Waals surface area contributed by atoms with Gasteiger partial charge in [-0.3, -0.25) is 4.79 Å². The molecule has 0 aromatic heterocycles. The molecular weight excluding hydrogens is 268 g/mol. The van der Waals surface area contributed by atoms with Crippen LogP contribution in [0, 0.1) is 5.92 Å². The fourth-order valence-corrected chi connectivity index (χ4v) is 2.35. The number of hydrogen-bond acceptors (Lipinski definition) is 2. The predicted molar refractivity (Wildman–Crippen MR) is 81.4 cm³/mol. The zero-order chi connectivity index (χ0) is 15.1. The van der Waals surface area contributed by atoms with Crippen LogP contribution in [0.2, 0.25) is 0 Å². The van der Waals surface area contributed by atoms with E-state index in [1.54, 1.807) is 12.1 Å². The average Bonchev–Trinajstić information content (AvgIpc) is 2.41. The maximum atomic E-state index is 11.7. The summed E-state index contributed by atoms with van der Waals surface area (Å²) in [4.78, 5) is 22.2. The van der Waals surface area contributed by atoms with Crippen molar-refractivity contribution in [2.24, 2.45) is 5.92 Å². The van der Waals surface area contributed by atoms with Crippen LogP contribution >= 0.6 is 0 Å². The van der Waals surface area contributed by atoms with Crippen LogP contribution in [0.3, 0.4) is 0 Å². The SMILES string of the molecule is O=C(O)CCc1ccc(NC(=O)NCCC2CCC2)cc1. The lowest BCUT2D eigenvalue weighted by atomic mass is 9.83. The third-order valence-electron chi connectivity index (χ3n) is 3.90. The van der Waals surface area contributed by atoms with Crippen LogP contribution in [0.5, 0.6) is 0 Å². The normalized spacial score (nSPS) is 14.3. The van der Waals surface area contributed by atoms with Crippen molar-refractivity contribution in [3.8, 4) is 0 Å². The maximum Gasteiger partial charge on any atom is 0.319 e. The number of carbonyl (C=O) groups excluding carboxylic acids is 1. The topological polar surface area (TPSA) is 78.4 Å². The van der Waals surface area contributed by atoms with Crippen molar-refractivity contribution in [1.82, 2.24) is 5.32 Å². The van der Waals surface area contributed by atoms with Crippen LogP contribution in [0.25, 0.3) is 0 Å². The minimum Gasteiger partial charge on any atom is -0.481 e. The van der Waals surface area contributed by atoms with Gasteiger partial charge in [-0.1, -0.05) is 31.4 Å². The molecule has 2 rings (SSSR count). The van der Waals surface area contributed by atoms with E-state index in [2.05, 4.69) is 10.6 Å². The molecule has 2 amide bonds. The standard InChI is InChI=1S/C16H22N2O3/c19-15(20)9-6-13-4-7-14(8-5-13)18-16(21)17-11-10-12-2-1-3-12/h4-5,7-8,12H,1-3,6,9-11H2,(H,19,20)(H2,17,18,21). The molecule has 0 aliphatic heterocycles. The van der Waals surface area contributed by atoms with Crippen LogP contribution in [0.15, 0.2) is 24.3 Å². The molecule has 1 fully saturated rings. The lowest BCUT2D eigenvalue weighted by Gasteiger charge is -2.25.